The van der Waals surface area contributed by atoms with Gasteiger partial charge < -0.3 is 13.3 Å². The fourth-order valence-electron chi connectivity index (χ4n) is 2.12. The van der Waals surface area contributed by atoms with Crippen LogP contribution in [0.3, 0.4) is 0 Å². The third-order valence-electron chi connectivity index (χ3n) is 5.00. The van der Waals surface area contributed by atoms with E-state index in [1.165, 1.54) is 0 Å². The highest BCUT2D eigenvalue weighted by Crippen LogP contribution is 2.36. The zero-order chi connectivity index (χ0) is 19.1. The standard InChI is InChI=1S/C20H38O3Si/c1-11-18(8,12-2)21-24(17-7,22-19(9,13-3)14-4)23-20(10,15-5)16-6/h11,13,15H,1,3,5,12,14,16-17H2,2,4,6-10H3. The highest BCUT2D eigenvalue weighted by Gasteiger charge is 2.51. The normalized spacial score (nSPS) is 21.6. The second-order valence-electron chi connectivity index (χ2n) is 6.95. The van der Waals surface area contributed by atoms with E-state index in [-0.39, 0.29) is 0 Å². The van der Waals surface area contributed by atoms with Crippen LogP contribution < -0.4 is 0 Å². The van der Waals surface area contributed by atoms with E-state index in [1.54, 1.807) is 0 Å². The van der Waals surface area contributed by atoms with Gasteiger partial charge in [0.2, 0.25) is 0 Å². The van der Waals surface area contributed by atoms with Crippen LogP contribution in [0, 0.1) is 0 Å². The molecule has 4 heteroatoms. The van der Waals surface area contributed by atoms with Crippen molar-refractivity contribution < 1.29 is 13.3 Å². The van der Waals surface area contributed by atoms with Crippen molar-refractivity contribution in [1.29, 1.82) is 0 Å². The van der Waals surface area contributed by atoms with Crippen molar-refractivity contribution in [3.63, 3.8) is 0 Å². The Balaban J connectivity index is 5.97. The zero-order valence-electron chi connectivity index (χ0n) is 16.9. The van der Waals surface area contributed by atoms with Gasteiger partial charge in [-0.25, -0.2) is 0 Å². The quantitative estimate of drug-likeness (QED) is 0.297. The molecular formula is C20H38O3Si. The molecule has 0 aliphatic heterocycles. The highest BCUT2D eigenvalue weighted by molar-refractivity contribution is 6.61. The molecule has 0 aromatic rings. The topological polar surface area (TPSA) is 27.7 Å². The minimum Gasteiger partial charge on any atom is -0.364 e. The number of hydrogen-bond acceptors (Lipinski definition) is 3. The molecule has 0 heterocycles. The zero-order valence-corrected chi connectivity index (χ0v) is 17.9. The summed E-state index contributed by atoms with van der Waals surface area (Å²) in [6.07, 6.45) is 7.91. The van der Waals surface area contributed by atoms with Gasteiger partial charge in [0, 0.05) is 6.04 Å². The predicted molar refractivity (Wildman–Crippen MR) is 106 cm³/mol. The van der Waals surface area contributed by atoms with Crippen LogP contribution in [0.5, 0.6) is 0 Å². The Morgan fingerprint density at radius 1 is 0.667 bits per heavy atom. The van der Waals surface area contributed by atoms with Crippen LogP contribution in [0.4, 0.5) is 0 Å². The summed E-state index contributed by atoms with van der Waals surface area (Å²) in [6, 6.07) is 0.670. The van der Waals surface area contributed by atoms with Crippen molar-refractivity contribution in [2.24, 2.45) is 0 Å². The largest absolute Gasteiger partial charge is 0.502 e. The first-order chi connectivity index (χ1) is 11.0. The molecule has 0 fully saturated rings. The van der Waals surface area contributed by atoms with Gasteiger partial charge in [-0.15, -0.1) is 19.7 Å². The van der Waals surface area contributed by atoms with Crippen molar-refractivity contribution in [2.75, 3.05) is 0 Å². The smallest absolute Gasteiger partial charge is 0.364 e. The minimum atomic E-state index is -3.02. The van der Waals surface area contributed by atoms with E-state index in [0.717, 1.165) is 19.3 Å². The average Bonchev–Trinajstić information content (AvgIpc) is 2.61. The summed E-state index contributed by atoms with van der Waals surface area (Å²) < 4.78 is 19.7. The number of hydrogen-bond donors (Lipinski definition) is 0. The summed E-state index contributed by atoms with van der Waals surface area (Å²) in [5.74, 6) is 0. The molecular weight excluding hydrogens is 316 g/mol. The summed E-state index contributed by atoms with van der Waals surface area (Å²) in [5, 5.41) is 0. The first-order valence-corrected chi connectivity index (χ1v) is 11.0. The molecule has 24 heavy (non-hydrogen) atoms. The van der Waals surface area contributed by atoms with E-state index < -0.39 is 25.6 Å². The first-order valence-electron chi connectivity index (χ1n) is 9.06. The molecule has 0 saturated heterocycles. The summed E-state index contributed by atoms with van der Waals surface area (Å²) >= 11 is 0. The third kappa shape index (κ3) is 5.99. The lowest BCUT2D eigenvalue weighted by Crippen LogP contribution is -2.58. The van der Waals surface area contributed by atoms with Gasteiger partial charge in [0.05, 0.1) is 16.8 Å². The van der Waals surface area contributed by atoms with E-state index in [2.05, 4.69) is 47.4 Å². The van der Waals surface area contributed by atoms with Gasteiger partial charge in [-0.05, 0) is 40.0 Å². The van der Waals surface area contributed by atoms with Crippen molar-refractivity contribution in [3.05, 3.63) is 38.0 Å². The van der Waals surface area contributed by atoms with E-state index in [9.17, 15) is 0 Å². The summed E-state index contributed by atoms with van der Waals surface area (Å²) in [5.41, 5.74) is -1.48. The van der Waals surface area contributed by atoms with Gasteiger partial charge >= 0.3 is 8.80 Å². The average molecular weight is 355 g/mol. The Morgan fingerprint density at radius 2 is 0.917 bits per heavy atom. The molecule has 0 rings (SSSR count). The second-order valence-corrected chi connectivity index (χ2v) is 9.64. The first kappa shape index (κ1) is 23.3. The van der Waals surface area contributed by atoms with Gasteiger partial charge in [-0.3, -0.25) is 0 Å². The molecule has 0 amide bonds. The molecule has 3 atom stereocenters. The lowest BCUT2D eigenvalue weighted by molar-refractivity contribution is -0.0686. The lowest BCUT2D eigenvalue weighted by atomic mass is 10.1. The van der Waals surface area contributed by atoms with E-state index >= 15 is 0 Å². The predicted octanol–water partition coefficient (Wildman–Crippen LogP) is 6.06. The van der Waals surface area contributed by atoms with Gasteiger partial charge in [0.1, 0.15) is 0 Å². The van der Waals surface area contributed by atoms with E-state index in [0.29, 0.717) is 6.04 Å². The van der Waals surface area contributed by atoms with Crippen molar-refractivity contribution >= 4 is 8.80 Å². The maximum atomic E-state index is 6.55. The molecule has 0 aliphatic rings. The molecule has 0 radical (unpaired) electrons. The van der Waals surface area contributed by atoms with Crippen LogP contribution in [0.1, 0.15) is 67.7 Å². The number of rotatable bonds is 13. The summed E-state index contributed by atoms with van der Waals surface area (Å²) in [6.45, 7) is 26.2. The van der Waals surface area contributed by atoms with Gasteiger partial charge in [0.15, 0.2) is 0 Å². The molecule has 0 aromatic carbocycles. The molecule has 0 spiro atoms. The Bertz CT molecular complexity index is 377. The Hall–Kier alpha value is -0.683. The van der Waals surface area contributed by atoms with Crippen molar-refractivity contribution in [2.45, 2.75) is 90.6 Å². The van der Waals surface area contributed by atoms with Crippen LogP contribution in [0.2, 0.25) is 6.04 Å². The van der Waals surface area contributed by atoms with Crippen LogP contribution in [0.25, 0.3) is 0 Å². The highest BCUT2D eigenvalue weighted by atomic mass is 28.4. The molecule has 0 N–H and O–H groups in total. The van der Waals surface area contributed by atoms with Crippen LogP contribution >= 0.6 is 0 Å². The maximum Gasteiger partial charge on any atom is 0.502 e. The Kier molecular flexibility index (Phi) is 8.88. The van der Waals surface area contributed by atoms with Crippen molar-refractivity contribution in [1.82, 2.24) is 0 Å². The Morgan fingerprint density at radius 3 is 1.04 bits per heavy atom. The maximum absolute atomic E-state index is 6.55. The van der Waals surface area contributed by atoms with Crippen LogP contribution in [-0.2, 0) is 13.3 Å². The Labute approximate surface area is 151 Å². The lowest BCUT2D eigenvalue weighted by Gasteiger charge is -2.45. The third-order valence-corrected chi connectivity index (χ3v) is 8.20. The molecule has 3 unspecified atom stereocenters. The second kappa shape index (κ2) is 9.14. The monoisotopic (exact) mass is 354 g/mol. The fourth-order valence-corrected chi connectivity index (χ4v) is 5.49. The fraction of sp³-hybridized carbons (Fsp3) is 0.700. The van der Waals surface area contributed by atoms with E-state index in [1.807, 2.05) is 39.0 Å². The molecule has 140 valence electrons. The van der Waals surface area contributed by atoms with Gasteiger partial charge in [-0.2, -0.15) is 0 Å². The van der Waals surface area contributed by atoms with Crippen LogP contribution in [0.15, 0.2) is 38.0 Å². The molecule has 3 nitrogen and oxygen atoms in total. The molecule has 0 aromatic heterocycles. The van der Waals surface area contributed by atoms with Gasteiger partial charge in [0.25, 0.3) is 0 Å². The van der Waals surface area contributed by atoms with Crippen LogP contribution in [-0.4, -0.2) is 25.6 Å². The SMILES string of the molecule is C=CC(C)(CC)O[Si](CC)(OC(C)(C=C)CC)OC(C)(C=C)CC. The molecule has 0 aliphatic carbocycles. The van der Waals surface area contributed by atoms with Crippen molar-refractivity contribution in [3.8, 4) is 0 Å². The minimum absolute atomic E-state index is 0.492. The summed E-state index contributed by atoms with van der Waals surface area (Å²) in [4.78, 5) is 0. The molecule has 0 saturated carbocycles. The van der Waals surface area contributed by atoms with Gasteiger partial charge in [-0.1, -0.05) is 45.9 Å². The van der Waals surface area contributed by atoms with E-state index in [4.69, 9.17) is 13.3 Å². The molecule has 0 bridgehead atoms. The summed E-state index contributed by atoms with van der Waals surface area (Å²) in [7, 11) is -3.02.